The third-order valence-corrected chi connectivity index (χ3v) is 6.24. The molecule has 0 saturated carbocycles. The van der Waals surface area contributed by atoms with Crippen molar-refractivity contribution in [3.63, 3.8) is 0 Å². The first-order chi connectivity index (χ1) is 12.4. The molecule has 0 amide bonds. The van der Waals surface area contributed by atoms with Crippen molar-refractivity contribution in [1.82, 2.24) is 14.5 Å². The van der Waals surface area contributed by atoms with E-state index in [9.17, 15) is 0 Å². The van der Waals surface area contributed by atoms with E-state index in [1.165, 1.54) is 38.0 Å². The van der Waals surface area contributed by atoms with Crippen LogP contribution in [0.2, 0.25) is 0 Å². The highest BCUT2D eigenvalue weighted by molar-refractivity contribution is 6.62. The molecule has 2 saturated heterocycles. The van der Waals surface area contributed by atoms with E-state index in [0.29, 0.717) is 0 Å². The average molecular weight is 355 g/mol. The molecule has 26 heavy (non-hydrogen) atoms. The molecule has 1 aromatic heterocycles. The molecule has 2 fully saturated rings. The number of likely N-dealkylation sites (tertiary alicyclic amines) is 1. The predicted molar refractivity (Wildman–Crippen MR) is 106 cm³/mol. The molecule has 0 N–H and O–H groups in total. The van der Waals surface area contributed by atoms with Crippen molar-refractivity contribution in [1.29, 1.82) is 0 Å². The van der Waals surface area contributed by atoms with Crippen molar-refractivity contribution in [2.45, 2.75) is 64.7 Å². The van der Waals surface area contributed by atoms with Gasteiger partial charge >= 0.3 is 7.12 Å². The SMILES string of the molecule is CC1(C)OB(c2ccc3ncn(CCCN4CCCC4)c3c2)OC1(C)C. The van der Waals surface area contributed by atoms with Gasteiger partial charge in [-0.05, 0) is 84.2 Å². The maximum atomic E-state index is 6.21. The fraction of sp³-hybridized carbons (Fsp3) is 0.650. The summed E-state index contributed by atoms with van der Waals surface area (Å²) >= 11 is 0. The van der Waals surface area contributed by atoms with Crippen molar-refractivity contribution in [2.75, 3.05) is 19.6 Å². The van der Waals surface area contributed by atoms with Crippen LogP contribution in [0.1, 0.15) is 47.0 Å². The lowest BCUT2D eigenvalue weighted by atomic mass is 9.79. The first-order valence-electron chi connectivity index (χ1n) is 9.88. The highest BCUT2D eigenvalue weighted by Crippen LogP contribution is 2.36. The van der Waals surface area contributed by atoms with Gasteiger partial charge in [0, 0.05) is 6.54 Å². The second-order valence-electron chi connectivity index (χ2n) is 8.68. The highest BCUT2D eigenvalue weighted by Gasteiger charge is 2.51. The zero-order valence-electron chi connectivity index (χ0n) is 16.5. The molecule has 0 spiro atoms. The third-order valence-electron chi connectivity index (χ3n) is 6.24. The summed E-state index contributed by atoms with van der Waals surface area (Å²) in [4.78, 5) is 7.13. The molecular weight excluding hydrogens is 325 g/mol. The average Bonchev–Trinajstić information content (AvgIpc) is 3.27. The van der Waals surface area contributed by atoms with Crippen LogP contribution in [0.15, 0.2) is 24.5 Å². The van der Waals surface area contributed by atoms with Gasteiger partial charge in [0.05, 0.1) is 28.6 Å². The van der Waals surface area contributed by atoms with Gasteiger partial charge in [0.25, 0.3) is 0 Å². The summed E-state index contributed by atoms with van der Waals surface area (Å²) in [5.74, 6) is 0. The zero-order chi connectivity index (χ0) is 18.4. The number of imidazole rings is 1. The van der Waals surface area contributed by atoms with E-state index in [4.69, 9.17) is 9.31 Å². The first kappa shape index (κ1) is 18.0. The van der Waals surface area contributed by atoms with Gasteiger partial charge in [-0.3, -0.25) is 0 Å². The minimum Gasteiger partial charge on any atom is -0.399 e. The van der Waals surface area contributed by atoms with E-state index >= 15 is 0 Å². The lowest BCUT2D eigenvalue weighted by Gasteiger charge is -2.32. The van der Waals surface area contributed by atoms with E-state index < -0.39 is 0 Å². The summed E-state index contributed by atoms with van der Waals surface area (Å²) in [6, 6.07) is 6.33. The Kier molecular flexibility index (Phi) is 4.62. The van der Waals surface area contributed by atoms with Gasteiger partial charge in [0.2, 0.25) is 0 Å². The van der Waals surface area contributed by atoms with Crippen LogP contribution < -0.4 is 5.46 Å². The first-order valence-corrected chi connectivity index (χ1v) is 9.88. The van der Waals surface area contributed by atoms with Gasteiger partial charge in [-0.1, -0.05) is 6.07 Å². The summed E-state index contributed by atoms with van der Waals surface area (Å²) < 4.78 is 14.7. The highest BCUT2D eigenvalue weighted by atomic mass is 16.7. The van der Waals surface area contributed by atoms with E-state index in [2.05, 4.69) is 60.3 Å². The lowest BCUT2D eigenvalue weighted by Crippen LogP contribution is -2.41. The van der Waals surface area contributed by atoms with Crippen LogP contribution in [0.3, 0.4) is 0 Å². The zero-order valence-corrected chi connectivity index (χ0v) is 16.5. The summed E-state index contributed by atoms with van der Waals surface area (Å²) in [6.45, 7) is 13.1. The van der Waals surface area contributed by atoms with Crippen molar-refractivity contribution < 1.29 is 9.31 Å². The second-order valence-corrected chi connectivity index (χ2v) is 8.68. The van der Waals surface area contributed by atoms with Crippen LogP contribution in [0, 0.1) is 0 Å². The van der Waals surface area contributed by atoms with Crippen LogP contribution in [-0.2, 0) is 15.9 Å². The Morgan fingerprint density at radius 3 is 2.42 bits per heavy atom. The number of fused-ring (bicyclic) bond motifs is 1. The molecule has 4 rings (SSSR count). The van der Waals surface area contributed by atoms with Crippen LogP contribution in [0.25, 0.3) is 11.0 Å². The minimum atomic E-state index is -0.322. The van der Waals surface area contributed by atoms with Gasteiger partial charge < -0.3 is 18.8 Å². The Morgan fingerprint density at radius 1 is 1.04 bits per heavy atom. The van der Waals surface area contributed by atoms with Crippen LogP contribution >= 0.6 is 0 Å². The molecule has 140 valence electrons. The molecule has 0 atom stereocenters. The monoisotopic (exact) mass is 355 g/mol. The van der Waals surface area contributed by atoms with Gasteiger partial charge in [-0.2, -0.15) is 0 Å². The Balaban J connectivity index is 1.49. The van der Waals surface area contributed by atoms with Crippen molar-refractivity contribution in [2.24, 2.45) is 0 Å². The summed E-state index contributed by atoms with van der Waals surface area (Å²) in [5, 5.41) is 0. The largest absolute Gasteiger partial charge is 0.494 e. The molecule has 0 bridgehead atoms. The molecular formula is C20H30BN3O2. The normalized spacial score (nSPS) is 22.5. The number of rotatable bonds is 5. The van der Waals surface area contributed by atoms with Crippen LogP contribution in [-0.4, -0.2) is 52.4 Å². The molecule has 2 aliphatic rings. The number of hydrogen-bond acceptors (Lipinski definition) is 4. The Bertz CT molecular complexity index is 764. The predicted octanol–water partition coefficient (Wildman–Crippen LogP) is 2.82. The third kappa shape index (κ3) is 3.30. The molecule has 2 aromatic rings. The van der Waals surface area contributed by atoms with Gasteiger partial charge in [-0.15, -0.1) is 0 Å². The van der Waals surface area contributed by atoms with Crippen molar-refractivity contribution in [3.05, 3.63) is 24.5 Å². The van der Waals surface area contributed by atoms with Crippen molar-refractivity contribution in [3.8, 4) is 0 Å². The molecule has 5 nitrogen and oxygen atoms in total. The number of nitrogens with zero attached hydrogens (tertiary/aromatic N) is 3. The molecule has 2 aliphatic heterocycles. The maximum absolute atomic E-state index is 6.21. The lowest BCUT2D eigenvalue weighted by molar-refractivity contribution is 0.00578. The molecule has 0 aliphatic carbocycles. The number of benzene rings is 1. The molecule has 1 aromatic carbocycles. The fourth-order valence-corrected chi connectivity index (χ4v) is 3.85. The van der Waals surface area contributed by atoms with Crippen LogP contribution in [0.4, 0.5) is 0 Å². The number of aromatic nitrogens is 2. The van der Waals surface area contributed by atoms with E-state index in [1.54, 1.807) is 0 Å². The molecule has 3 heterocycles. The number of aryl methyl sites for hydroxylation is 1. The minimum absolute atomic E-state index is 0.317. The van der Waals surface area contributed by atoms with E-state index in [1.807, 2.05) is 6.33 Å². The quantitative estimate of drug-likeness (QED) is 0.774. The number of hydrogen-bond donors (Lipinski definition) is 0. The van der Waals surface area contributed by atoms with Crippen molar-refractivity contribution >= 4 is 23.6 Å². The second kappa shape index (κ2) is 6.66. The Hall–Kier alpha value is -1.37. The standard InChI is InChI=1S/C20H30BN3O2/c1-19(2)20(3,4)26-21(25-19)16-8-9-17-18(14-16)24(15-22-17)13-7-12-23-10-5-6-11-23/h8-9,14-15H,5-7,10-13H2,1-4H3. The topological polar surface area (TPSA) is 39.5 Å². The Morgan fingerprint density at radius 2 is 1.73 bits per heavy atom. The summed E-state index contributed by atoms with van der Waals surface area (Å²) in [5.41, 5.74) is 2.63. The molecule has 0 unspecified atom stereocenters. The molecule has 0 radical (unpaired) electrons. The van der Waals surface area contributed by atoms with Gasteiger partial charge in [-0.25, -0.2) is 4.98 Å². The summed E-state index contributed by atoms with van der Waals surface area (Å²) in [6.07, 6.45) is 5.83. The Labute approximate surface area is 156 Å². The summed E-state index contributed by atoms with van der Waals surface area (Å²) in [7, 11) is -0.322. The molecule has 6 heteroatoms. The smallest absolute Gasteiger partial charge is 0.399 e. The van der Waals surface area contributed by atoms with Gasteiger partial charge in [0.1, 0.15) is 0 Å². The van der Waals surface area contributed by atoms with E-state index in [-0.39, 0.29) is 18.3 Å². The van der Waals surface area contributed by atoms with Gasteiger partial charge in [0.15, 0.2) is 0 Å². The maximum Gasteiger partial charge on any atom is 0.494 e. The fourth-order valence-electron chi connectivity index (χ4n) is 3.85. The van der Waals surface area contributed by atoms with Crippen LogP contribution in [0.5, 0.6) is 0 Å². The van der Waals surface area contributed by atoms with E-state index in [0.717, 1.165) is 23.9 Å².